The molecule has 1 aromatic heterocycles. The number of benzene rings is 2. The lowest BCUT2D eigenvalue weighted by Crippen LogP contribution is -2.32. The number of hydrogen-bond acceptors (Lipinski definition) is 5. The predicted molar refractivity (Wildman–Crippen MR) is 124 cm³/mol. The first-order valence-electron chi connectivity index (χ1n) is 11.0. The van der Waals surface area contributed by atoms with Crippen LogP contribution in [0.25, 0.3) is 0 Å². The molecule has 0 aliphatic carbocycles. The molecule has 0 unspecified atom stereocenters. The van der Waals surface area contributed by atoms with Gasteiger partial charge in [-0.1, -0.05) is 13.0 Å². The number of rotatable bonds is 7. The molecule has 0 radical (unpaired) electrons. The summed E-state index contributed by atoms with van der Waals surface area (Å²) < 4.78 is 11.1. The van der Waals surface area contributed by atoms with Gasteiger partial charge in [-0.2, -0.15) is 0 Å². The van der Waals surface area contributed by atoms with Gasteiger partial charge in [-0.25, -0.2) is 0 Å². The Morgan fingerprint density at radius 1 is 1.06 bits per heavy atom. The summed E-state index contributed by atoms with van der Waals surface area (Å²) in [7, 11) is 1.62. The van der Waals surface area contributed by atoms with Gasteiger partial charge < -0.3 is 14.4 Å². The summed E-state index contributed by atoms with van der Waals surface area (Å²) in [5.41, 5.74) is 4.15. The van der Waals surface area contributed by atoms with Crippen molar-refractivity contribution in [1.29, 1.82) is 0 Å². The lowest BCUT2D eigenvalue weighted by atomic mass is 10.1. The van der Waals surface area contributed by atoms with Gasteiger partial charge in [-0.15, -0.1) is 0 Å². The van der Waals surface area contributed by atoms with E-state index in [1.165, 1.54) is 11.1 Å². The van der Waals surface area contributed by atoms with Gasteiger partial charge in [0.15, 0.2) is 0 Å². The Morgan fingerprint density at radius 2 is 1.81 bits per heavy atom. The van der Waals surface area contributed by atoms with E-state index in [1.807, 2.05) is 47.6 Å². The molecular formula is C26H29N3O3. The van der Waals surface area contributed by atoms with Crippen molar-refractivity contribution < 1.29 is 14.3 Å². The van der Waals surface area contributed by atoms with E-state index in [4.69, 9.17) is 9.47 Å². The summed E-state index contributed by atoms with van der Waals surface area (Å²) >= 11 is 0. The largest absolute Gasteiger partial charge is 0.497 e. The van der Waals surface area contributed by atoms with E-state index in [-0.39, 0.29) is 5.91 Å². The minimum absolute atomic E-state index is 0.00220. The second-order valence-corrected chi connectivity index (χ2v) is 7.90. The number of carbonyl (C=O) groups is 1. The summed E-state index contributed by atoms with van der Waals surface area (Å²) in [6.45, 7) is 6.38. The number of aromatic nitrogens is 1. The fraction of sp³-hybridized carbons (Fsp3) is 0.308. The molecule has 0 saturated heterocycles. The average molecular weight is 432 g/mol. The van der Waals surface area contributed by atoms with Crippen molar-refractivity contribution >= 4 is 5.91 Å². The van der Waals surface area contributed by atoms with E-state index >= 15 is 0 Å². The number of hydrogen-bond donors (Lipinski definition) is 0. The topological polar surface area (TPSA) is 54.9 Å². The molecule has 6 heteroatoms. The van der Waals surface area contributed by atoms with Crippen LogP contribution in [0.5, 0.6) is 11.5 Å². The highest BCUT2D eigenvalue weighted by Crippen LogP contribution is 2.26. The second-order valence-electron chi connectivity index (χ2n) is 7.90. The standard InChI is InChI=1S/C26H29N3O3/c1-3-28(17-20-10-12-27-13-11-20)18-21-4-9-25-23(16-21)19-29(14-15-32-25)26(30)22-5-7-24(31-2)8-6-22/h4-13,16H,3,14-15,17-19H2,1-2H3. The van der Waals surface area contributed by atoms with E-state index in [9.17, 15) is 4.79 Å². The molecule has 166 valence electrons. The number of ether oxygens (including phenoxy) is 2. The van der Waals surface area contributed by atoms with Crippen molar-refractivity contribution in [3.05, 3.63) is 89.2 Å². The summed E-state index contributed by atoms with van der Waals surface area (Å²) in [6, 6.07) is 17.7. The molecule has 1 aliphatic heterocycles. The Bertz CT molecular complexity index is 1040. The van der Waals surface area contributed by atoms with Crippen LogP contribution in [-0.4, -0.2) is 47.5 Å². The highest BCUT2D eigenvalue weighted by Gasteiger charge is 2.21. The second kappa shape index (κ2) is 10.3. The molecule has 2 heterocycles. The molecule has 6 nitrogen and oxygen atoms in total. The zero-order chi connectivity index (χ0) is 22.3. The Hall–Kier alpha value is -3.38. The molecule has 1 aliphatic rings. The van der Waals surface area contributed by atoms with Crippen LogP contribution in [-0.2, 0) is 19.6 Å². The third-order valence-electron chi connectivity index (χ3n) is 5.74. The Labute approximate surface area is 189 Å². The smallest absolute Gasteiger partial charge is 0.254 e. The summed E-state index contributed by atoms with van der Waals surface area (Å²) in [4.78, 5) is 21.4. The van der Waals surface area contributed by atoms with Crippen LogP contribution in [0.2, 0.25) is 0 Å². The Kier molecular flexibility index (Phi) is 7.02. The maximum Gasteiger partial charge on any atom is 0.254 e. The number of fused-ring (bicyclic) bond motifs is 1. The predicted octanol–water partition coefficient (Wildman–Crippen LogP) is 4.15. The van der Waals surface area contributed by atoms with Gasteiger partial charge in [0.25, 0.3) is 5.91 Å². The van der Waals surface area contributed by atoms with Crippen molar-refractivity contribution in [3.8, 4) is 11.5 Å². The van der Waals surface area contributed by atoms with E-state index < -0.39 is 0 Å². The number of pyridine rings is 1. The quantitative estimate of drug-likeness (QED) is 0.563. The minimum atomic E-state index is 0.00220. The highest BCUT2D eigenvalue weighted by molar-refractivity contribution is 5.94. The first-order chi connectivity index (χ1) is 15.7. The van der Waals surface area contributed by atoms with Gasteiger partial charge in [-0.05, 0) is 66.2 Å². The molecule has 0 atom stereocenters. The van der Waals surface area contributed by atoms with Crippen LogP contribution in [0.1, 0.15) is 34.0 Å². The molecule has 0 bridgehead atoms. The molecule has 3 aromatic rings. The molecule has 1 amide bonds. The molecular weight excluding hydrogens is 402 g/mol. The van der Waals surface area contributed by atoms with Crippen molar-refractivity contribution in [3.63, 3.8) is 0 Å². The van der Waals surface area contributed by atoms with Gasteiger partial charge in [0.05, 0.1) is 13.7 Å². The van der Waals surface area contributed by atoms with Crippen LogP contribution in [0.15, 0.2) is 67.0 Å². The van der Waals surface area contributed by atoms with Gasteiger partial charge in [-0.3, -0.25) is 14.7 Å². The minimum Gasteiger partial charge on any atom is -0.497 e. The first kappa shape index (κ1) is 21.8. The van der Waals surface area contributed by atoms with E-state index in [0.717, 1.165) is 36.7 Å². The fourth-order valence-electron chi connectivity index (χ4n) is 3.92. The normalized spacial score (nSPS) is 13.3. The van der Waals surface area contributed by atoms with Gasteiger partial charge in [0, 0.05) is 43.2 Å². The molecule has 0 spiro atoms. The summed E-state index contributed by atoms with van der Waals surface area (Å²) in [6.07, 6.45) is 3.66. The van der Waals surface area contributed by atoms with Gasteiger partial charge in [0.1, 0.15) is 18.1 Å². The number of methoxy groups -OCH3 is 1. The molecule has 0 saturated carbocycles. The van der Waals surface area contributed by atoms with Gasteiger partial charge >= 0.3 is 0 Å². The Morgan fingerprint density at radius 3 is 2.53 bits per heavy atom. The Balaban J connectivity index is 1.48. The van der Waals surface area contributed by atoms with E-state index in [1.54, 1.807) is 7.11 Å². The van der Waals surface area contributed by atoms with Gasteiger partial charge in [0.2, 0.25) is 0 Å². The van der Waals surface area contributed by atoms with Crippen LogP contribution >= 0.6 is 0 Å². The van der Waals surface area contributed by atoms with E-state index in [0.29, 0.717) is 25.3 Å². The number of amides is 1. The van der Waals surface area contributed by atoms with Crippen LogP contribution < -0.4 is 9.47 Å². The summed E-state index contributed by atoms with van der Waals surface area (Å²) in [5.74, 6) is 1.60. The summed E-state index contributed by atoms with van der Waals surface area (Å²) in [5, 5.41) is 0. The maximum atomic E-state index is 13.1. The van der Waals surface area contributed by atoms with E-state index in [2.05, 4.69) is 41.1 Å². The zero-order valence-electron chi connectivity index (χ0n) is 18.7. The monoisotopic (exact) mass is 431 g/mol. The van der Waals surface area contributed by atoms with Crippen molar-refractivity contribution in [2.75, 3.05) is 26.8 Å². The molecule has 0 N–H and O–H groups in total. The van der Waals surface area contributed by atoms with Crippen molar-refractivity contribution in [2.45, 2.75) is 26.6 Å². The SMILES string of the molecule is CCN(Cc1ccncc1)Cc1ccc2c(c1)CN(C(=O)c1ccc(OC)cc1)CCO2. The number of nitrogens with zero attached hydrogens (tertiary/aromatic N) is 3. The molecule has 0 fully saturated rings. The van der Waals surface area contributed by atoms with Crippen molar-refractivity contribution in [1.82, 2.24) is 14.8 Å². The van der Waals surface area contributed by atoms with Crippen LogP contribution in [0.4, 0.5) is 0 Å². The average Bonchev–Trinajstić information content (AvgIpc) is 3.06. The van der Waals surface area contributed by atoms with Crippen molar-refractivity contribution in [2.24, 2.45) is 0 Å². The highest BCUT2D eigenvalue weighted by atomic mass is 16.5. The first-order valence-corrected chi connectivity index (χ1v) is 11.0. The third-order valence-corrected chi connectivity index (χ3v) is 5.74. The lowest BCUT2D eigenvalue weighted by Gasteiger charge is -2.22. The molecule has 32 heavy (non-hydrogen) atoms. The molecule has 4 rings (SSSR count). The number of carbonyl (C=O) groups excluding carboxylic acids is 1. The zero-order valence-corrected chi connectivity index (χ0v) is 18.7. The van der Waals surface area contributed by atoms with Crippen LogP contribution in [0, 0.1) is 0 Å². The molecule has 2 aromatic carbocycles. The fourth-order valence-corrected chi connectivity index (χ4v) is 3.92. The maximum absolute atomic E-state index is 13.1. The lowest BCUT2D eigenvalue weighted by molar-refractivity contribution is 0.0733. The third kappa shape index (κ3) is 5.26. The van der Waals surface area contributed by atoms with Crippen LogP contribution in [0.3, 0.4) is 0 Å².